The Labute approximate surface area is 110 Å². The number of hydrogen-bond acceptors (Lipinski definition) is 3. The summed E-state index contributed by atoms with van der Waals surface area (Å²) in [5.41, 5.74) is 0.442. The molecule has 2 aromatic rings. The van der Waals surface area contributed by atoms with Gasteiger partial charge in [0.1, 0.15) is 17.5 Å². The summed E-state index contributed by atoms with van der Waals surface area (Å²) in [6.07, 6.45) is 3.82. The standard InChI is InChI=1S/C14H15F2N3/c1-3-6-18-12-8-17-7-11(19-12)13-10(15)5-4-9(2)14(13)16/h4-5,7-8H,3,6H2,1-2H3,(H,18,19). The van der Waals surface area contributed by atoms with Crippen molar-refractivity contribution in [3.8, 4) is 11.3 Å². The van der Waals surface area contributed by atoms with E-state index in [9.17, 15) is 8.78 Å². The van der Waals surface area contributed by atoms with Crippen molar-refractivity contribution in [3.63, 3.8) is 0 Å². The van der Waals surface area contributed by atoms with Crippen LogP contribution in [0.1, 0.15) is 18.9 Å². The Hall–Kier alpha value is -2.04. The van der Waals surface area contributed by atoms with Crippen LogP contribution in [-0.2, 0) is 0 Å². The predicted molar refractivity (Wildman–Crippen MR) is 70.9 cm³/mol. The highest BCUT2D eigenvalue weighted by atomic mass is 19.1. The number of aryl methyl sites for hydroxylation is 1. The van der Waals surface area contributed by atoms with Gasteiger partial charge >= 0.3 is 0 Å². The molecule has 1 heterocycles. The van der Waals surface area contributed by atoms with Gasteiger partial charge in [-0.3, -0.25) is 4.98 Å². The lowest BCUT2D eigenvalue weighted by molar-refractivity contribution is 0.582. The predicted octanol–water partition coefficient (Wildman–Crippen LogP) is 3.55. The Balaban J connectivity index is 2.44. The lowest BCUT2D eigenvalue weighted by Gasteiger charge is -2.08. The molecule has 100 valence electrons. The molecule has 0 aliphatic heterocycles. The number of rotatable bonds is 4. The maximum atomic E-state index is 14.0. The summed E-state index contributed by atoms with van der Waals surface area (Å²) in [4.78, 5) is 8.16. The van der Waals surface area contributed by atoms with Crippen molar-refractivity contribution in [2.75, 3.05) is 11.9 Å². The molecule has 0 saturated heterocycles. The molecule has 0 bridgehead atoms. The lowest BCUT2D eigenvalue weighted by atomic mass is 10.1. The molecule has 0 atom stereocenters. The SMILES string of the molecule is CCCNc1cncc(-c2c(F)ccc(C)c2F)n1. The Morgan fingerprint density at radius 2 is 2.00 bits per heavy atom. The van der Waals surface area contributed by atoms with Crippen LogP contribution >= 0.6 is 0 Å². The first-order chi connectivity index (χ1) is 9.13. The van der Waals surface area contributed by atoms with E-state index < -0.39 is 11.6 Å². The molecule has 3 nitrogen and oxygen atoms in total. The first kappa shape index (κ1) is 13.4. The van der Waals surface area contributed by atoms with Crippen LogP contribution in [0.5, 0.6) is 0 Å². The molecule has 0 unspecified atom stereocenters. The molecule has 2 rings (SSSR count). The minimum absolute atomic E-state index is 0.132. The Morgan fingerprint density at radius 1 is 1.21 bits per heavy atom. The van der Waals surface area contributed by atoms with Crippen molar-refractivity contribution in [2.24, 2.45) is 0 Å². The fourth-order valence-electron chi connectivity index (χ4n) is 1.72. The second-order valence-corrected chi connectivity index (χ2v) is 4.27. The van der Waals surface area contributed by atoms with E-state index in [0.29, 0.717) is 11.4 Å². The fourth-order valence-corrected chi connectivity index (χ4v) is 1.72. The zero-order valence-electron chi connectivity index (χ0n) is 10.9. The van der Waals surface area contributed by atoms with E-state index in [1.807, 2.05) is 6.92 Å². The zero-order chi connectivity index (χ0) is 13.8. The molecule has 0 aliphatic carbocycles. The molecular formula is C14H15F2N3. The number of nitrogens with zero attached hydrogens (tertiary/aromatic N) is 2. The number of hydrogen-bond donors (Lipinski definition) is 1. The monoisotopic (exact) mass is 263 g/mol. The first-order valence-corrected chi connectivity index (χ1v) is 6.14. The normalized spacial score (nSPS) is 10.5. The van der Waals surface area contributed by atoms with Gasteiger partial charge in [-0.05, 0) is 25.0 Å². The minimum Gasteiger partial charge on any atom is -0.369 e. The van der Waals surface area contributed by atoms with Crippen molar-refractivity contribution in [1.29, 1.82) is 0 Å². The number of anilines is 1. The van der Waals surface area contributed by atoms with Crippen molar-refractivity contribution in [1.82, 2.24) is 9.97 Å². The van der Waals surface area contributed by atoms with Crippen molar-refractivity contribution in [3.05, 3.63) is 41.7 Å². The van der Waals surface area contributed by atoms with Crippen LogP contribution in [0.4, 0.5) is 14.6 Å². The number of aromatic nitrogens is 2. The van der Waals surface area contributed by atoms with E-state index in [1.165, 1.54) is 24.5 Å². The summed E-state index contributed by atoms with van der Waals surface area (Å²) < 4.78 is 27.8. The third-order valence-corrected chi connectivity index (χ3v) is 2.73. The van der Waals surface area contributed by atoms with Crippen molar-refractivity contribution >= 4 is 5.82 Å². The Bertz CT molecular complexity index is 585. The molecule has 0 amide bonds. The summed E-state index contributed by atoms with van der Waals surface area (Å²) in [6, 6.07) is 2.64. The molecule has 0 aliphatic rings. The second-order valence-electron chi connectivity index (χ2n) is 4.27. The molecule has 0 radical (unpaired) electrons. The van der Waals surface area contributed by atoms with E-state index in [1.54, 1.807) is 6.92 Å². The van der Waals surface area contributed by atoms with Gasteiger partial charge < -0.3 is 5.32 Å². The maximum Gasteiger partial charge on any atom is 0.145 e. The van der Waals surface area contributed by atoms with Gasteiger partial charge in [-0.15, -0.1) is 0 Å². The second kappa shape index (κ2) is 5.73. The average Bonchev–Trinajstić information content (AvgIpc) is 2.42. The molecular weight excluding hydrogens is 248 g/mol. The molecule has 1 aromatic carbocycles. The van der Waals surface area contributed by atoms with E-state index in [4.69, 9.17) is 0 Å². The van der Waals surface area contributed by atoms with Crippen LogP contribution in [0, 0.1) is 18.6 Å². The smallest absolute Gasteiger partial charge is 0.145 e. The topological polar surface area (TPSA) is 37.8 Å². The zero-order valence-corrected chi connectivity index (χ0v) is 10.9. The molecule has 19 heavy (non-hydrogen) atoms. The van der Waals surface area contributed by atoms with Crippen molar-refractivity contribution < 1.29 is 8.78 Å². The summed E-state index contributed by atoms with van der Waals surface area (Å²) in [6.45, 7) is 4.34. The van der Waals surface area contributed by atoms with E-state index >= 15 is 0 Å². The molecule has 0 fully saturated rings. The Morgan fingerprint density at radius 3 is 2.74 bits per heavy atom. The highest BCUT2D eigenvalue weighted by Gasteiger charge is 2.15. The van der Waals surface area contributed by atoms with Gasteiger partial charge in [0, 0.05) is 6.54 Å². The summed E-state index contributed by atoms with van der Waals surface area (Å²) in [5.74, 6) is -0.716. The quantitative estimate of drug-likeness (QED) is 0.916. The van der Waals surface area contributed by atoms with Crippen LogP contribution in [0.3, 0.4) is 0 Å². The lowest BCUT2D eigenvalue weighted by Crippen LogP contribution is -2.04. The van der Waals surface area contributed by atoms with Gasteiger partial charge in [-0.1, -0.05) is 13.0 Å². The van der Waals surface area contributed by atoms with Crippen molar-refractivity contribution in [2.45, 2.75) is 20.3 Å². The average molecular weight is 263 g/mol. The van der Waals surface area contributed by atoms with E-state index in [0.717, 1.165) is 13.0 Å². The molecule has 0 spiro atoms. The summed E-state index contributed by atoms with van der Waals surface area (Å²) in [7, 11) is 0. The van der Waals surface area contributed by atoms with Gasteiger partial charge in [0.15, 0.2) is 0 Å². The molecule has 5 heteroatoms. The van der Waals surface area contributed by atoms with Crippen LogP contribution < -0.4 is 5.32 Å². The largest absolute Gasteiger partial charge is 0.369 e. The maximum absolute atomic E-state index is 14.0. The van der Waals surface area contributed by atoms with Crippen LogP contribution in [0.2, 0.25) is 0 Å². The fraction of sp³-hybridized carbons (Fsp3) is 0.286. The minimum atomic E-state index is -0.634. The Kier molecular flexibility index (Phi) is 4.04. The molecule has 1 N–H and O–H groups in total. The van der Waals surface area contributed by atoms with Gasteiger partial charge in [0.25, 0.3) is 0 Å². The number of nitrogens with one attached hydrogen (secondary N) is 1. The highest BCUT2D eigenvalue weighted by Crippen LogP contribution is 2.26. The van der Waals surface area contributed by atoms with Crippen LogP contribution in [-0.4, -0.2) is 16.5 Å². The number of halogens is 2. The van der Waals surface area contributed by atoms with E-state index in [2.05, 4.69) is 15.3 Å². The van der Waals surface area contributed by atoms with Crippen LogP contribution in [0.15, 0.2) is 24.5 Å². The summed E-state index contributed by atoms with van der Waals surface area (Å²) in [5, 5.41) is 3.04. The third-order valence-electron chi connectivity index (χ3n) is 2.73. The summed E-state index contributed by atoms with van der Waals surface area (Å²) >= 11 is 0. The van der Waals surface area contributed by atoms with Gasteiger partial charge in [0.05, 0.1) is 23.7 Å². The van der Waals surface area contributed by atoms with Gasteiger partial charge in [0.2, 0.25) is 0 Å². The third kappa shape index (κ3) is 2.86. The highest BCUT2D eigenvalue weighted by molar-refractivity contribution is 5.62. The molecule has 1 aromatic heterocycles. The van der Waals surface area contributed by atoms with Gasteiger partial charge in [-0.2, -0.15) is 0 Å². The first-order valence-electron chi connectivity index (χ1n) is 6.14. The van der Waals surface area contributed by atoms with Gasteiger partial charge in [-0.25, -0.2) is 13.8 Å². The number of benzene rings is 1. The molecule has 0 saturated carbocycles. The van der Waals surface area contributed by atoms with E-state index in [-0.39, 0.29) is 11.3 Å². The van der Waals surface area contributed by atoms with Crippen LogP contribution in [0.25, 0.3) is 11.3 Å².